The summed E-state index contributed by atoms with van der Waals surface area (Å²) < 4.78 is 24.3. The molecule has 0 unspecified atom stereocenters. The molecule has 0 aromatic heterocycles. The zero-order valence-electron chi connectivity index (χ0n) is 11.1. The summed E-state index contributed by atoms with van der Waals surface area (Å²) in [6, 6.07) is 0.664. The molecule has 1 N–H and O–H groups in total. The minimum Gasteiger partial charge on any atom is -0.314 e. The number of hydrogen-bond acceptors (Lipinski definition) is 3. The van der Waals surface area contributed by atoms with Gasteiger partial charge in [-0.15, -0.1) is 0 Å². The van der Waals surface area contributed by atoms with Gasteiger partial charge < -0.3 is 5.32 Å². The Balaban J connectivity index is 2.14. The van der Waals surface area contributed by atoms with Crippen molar-refractivity contribution in [3.8, 4) is 0 Å². The van der Waals surface area contributed by atoms with Gasteiger partial charge in [0.05, 0.1) is 6.26 Å². The van der Waals surface area contributed by atoms with Gasteiger partial charge in [-0.25, -0.2) is 12.7 Å². The highest BCUT2D eigenvalue weighted by atomic mass is 32.2. The summed E-state index contributed by atoms with van der Waals surface area (Å²) in [6.07, 6.45) is 8.79. The van der Waals surface area contributed by atoms with Crippen molar-refractivity contribution in [3.05, 3.63) is 0 Å². The second-order valence-electron chi connectivity index (χ2n) is 4.90. The van der Waals surface area contributed by atoms with E-state index >= 15 is 0 Å². The summed E-state index contributed by atoms with van der Waals surface area (Å²) in [5, 5.41) is 3.53. The average molecular weight is 262 g/mol. The minimum absolute atomic E-state index is 0.572. The number of nitrogens with one attached hydrogen (secondary N) is 1. The molecule has 102 valence electrons. The molecule has 1 fully saturated rings. The van der Waals surface area contributed by atoms with Crippen LogP contribution in [-0.4, -0.2) is 44.7 Å². The summed E-state index contributed by atoms with van der Waals surface area (Å²) in [5.41, 5.74) is 0. The third-order valence-electron chi connectivity index (χ3n) is 3.44. The molecule has 0 saturated heterocycles. The first-order valence-corrected chi connectivity index (χ1v) is 8.57. The monoisotopic (exact) mass is 262 g/mol. The van der Waals surface area contributed by atoms with Crippen LogP contribution in [0.4, 0.5) is 0 Å². The average Bonchev–Trinajstić information content (AvgIpc) is 2.28. The summed E-state index contributed by atoms with van der Waals surface area (Å²) >= 11 is 0. The van der Waals surface area contributed by atoms with Gasteiger partial charge >= 0.3 is 0 Å². The van der Waals surface area contributed by atoms with Crippen molar-refractivity contribution in [3.63, 3.8) is 0 Å². The van der Waals surface area contributed by atoms with Gasteiger partial charge in [0.2, 0.25) is 10.0 Å². The summed E-state index contributed by atoms with van der Waals surface area (Å²) in [5.74, 6) is 0. The van der Waals surface area contributed by atoms with Crippen LogP contribution >= 0.6 is 0 Å². The summed E-state index contributed by atoms with van der Waals surface area (Å²) in [4.78, 5) is 0. The first-order valence-electron chi connectivity index (χ1n) is 6.72. The van der Waals surface area contributed by atoms with Crippen LogP contribution in [-0.2, 0) is 10.0 Å². The fourth-order valence-electron chi connectivity index (χ4n) is 2.43. The van der Waals surface area contributed by atoms with Crippen LogP contribution in [0, 0.1) is 0 Å². The smallest absolute Gasteiger partial charge is 0.211 e. The van der Waals surface area contributed by atoms with Gasteiger partial charge in [0, 0.05) is 19.1 Å². The second-order valence-corrected chi connectivity index (χ2v) is 6.88. The molecule has 0 aromatic rings. The Morgan fingerprint density at radius 3 is 2.41 bits per heavy atom. The van der Waals surface area contributed by atoms with E-state index in [1.165, 1.54) is 42.7 Å². The quantitative estimate of drug-likeness (QED) is 0.709. The van der Waals surface area contributed by atoms with Crippen molar-refractivity contribution in [2.45, 2.75) is 51.5 Å². The van der Waals surface area contributed by atoms with Crippen LogP contribution in [0.1, 0.15) is 45.4 Å². The third kappa shape index (κ3) is 5.84. The lowest BCUT2D eigenvalue weighted by atomic mass is 9.95. The van der Waals surface area contributed by atoms with Crippen molar-refractivity contribution in [2.24, 2.45) is 0 Å². The van der Waals surface area contributed by atoms with Crippen LogP contribution in [0.5, 0.6) is 0 Å². The van der Waals surface area contributed by atoms with E-state index in [4.69, 9.17) is 0 Å². The van der Waals surface area contributed by atoms with Crippen LogP contribution in [0.2, 0.25) is 0 Å². The van der Waals surface area contributed by atoms with Crippen LogP contribution < -0.4 is 5.32 Å². The number of hydrogen-bond donors (Lipinski definition) is 1. The first-order chi connectivity index (χ1) is 8.04. The highest BCUT2D eigenvalue weighted by molar-refractivity contribution is 7.88. The Bertz CT molecular complexity index is 298. The molecule has 0 bridgehead atoms. The fraction of sp³-hybridized carbons (Fsp3) is 1.00. The molecule has 4 nitrogen and oxygen atoms in total. The van der Waals surface area contributed by atoms with E-state index in [1.54, 1.807) is 0 Å². The van der Waals surface area contributed by atoms with Crippen molar-refractivity contribution in [1.29, 1.82) is 0 Å². The summed E-state index contributed by atoms with van der Waals surface area (Å²) in [7, 11) is -3.01. The van der Waals surface area contributed by atoms with Gasteiger partial charge in [-0.2, -0.15) is 0 Å². The van der Waals surface area contributed by atoms with E-state index in [-0.39, 0.29) is 0 Å². The molecule has 0 radical (unpaired) electrons. The van der Waals surface area contributed by atoms with Crippen LogP contribution in [0.3, 0.4) is 0 Å². The Hall–Kier alpha value is -0.130. The third-order valence-corrected chi connectivity index (χ3v) is 4.82. The molecule has 0 spiro atoms. The maximum atomic E-state index is 11.4. The van der Waals surface area contributed by atoms with E-state index in [2.05, 4.69) is 5.32 Å². The predicted molar refractivity (Wildman–Crippen MR) is 71.6 cm³/mol. The molecule has 0 aliphatic heterocycles. The molecule has 0 atom stereocenters. The highest BCUT2D eigenvalue weighted by Gasteiger charge is 2.15. The van der Waals surface area contributed by atoms with E-state index in [0.717, 1.165) is 13.0 Å². The van der Waals surface area contributed by atoms with E-state index in [0.29, 0.717) is 19.1 Å². The maximum absolute atomic E-state index is 11.4. The lowest BCUT2D eigenvalue weighted by Crippen LogP contribution is -2.35. The van der Waals surface area contributed by atoms with Crippen molar-refractivity contribution in [1.82, 2.24) is 9.62 Å². The molecule has 1 rings (SSSR count). The van der Waals surface area contributed by atoms with Gasteiger partial charge in [0.1, 0.15) is 0 Å². The minimum atomic E-state index is -3.01. The lowest BCUT2D eigenvalue weighted by molar-refractivity contribution is 0.359. The lowest BCUT2D eigenvalue weighted by Gasteiger charge is -2.23. The van der Waals surface area contributed by atoms with Crippen molar-refractivity contribution < 1.29 is 8.42 Å². The van der Waals surface area contributed by atoms with E-state index in [1.807, 2.05) is 6.92 Å². The molecule has 1 saturated carbocycles. The Morgan fingerprint density at radius 2 is 1.88 bits per heavy atom. The normalized spacial score (nSPS) is 18.8. The van der Waals surface area contributed by atoms with Crippen molar-refractivity contribution >= 4 is 10.0 Å². The van der Waals surface area contributed by atoms with Crippen LogP contribution in [0.15, 0.2) is 0 Å². The highest BCUT2D eigenvalue weighted by Crippen LogP contribution is 2.17. The van der Waals surface area contributed by atoms with Gasteiger partial charge in [-0.3, -0.25) is 0 Å². The number of sulfonamides is 1. The molecule has 1 aliphatic rings. The predicted octanol–water partition coefficient (Wildman–Crippen LogP) is 1.58. The summed E-state index contributed by atoms with van der Waals surface area (Å²) in [6.45, 7) is 4.02. The molecule has 1 aliphatic carbocycles. The van der Waals surface area contributed by atoms with Crippen molar-refractivity contribution in [2.75, 3.05) is 25.9 Å². The zero-order chi connectivity index (χ0) is 12.7. The standard InChI is InChI=1S/C12H26N2O2S/c1-3-14(17(2,15)16)11-7-10-13-12-8-5-4-6-9-12/h12-13H,3-11H2,1-2H3. The van der Waals surface area contributed by atoms with E-state index < -0.39 is 10.0 Å². The zero-order valence-corrected chi connectivity index (χ0v) is 11.9. The Kier molecular flexibility index (Phi) is 6.44. The fourth-order valence-corrected chi connectivity index (χ4v) is 3.36. The van der Waals surface area contributed by atoms with Gasteiger partial charge in [-0.1, -0.05) is 26.2 Å². The van der Waals surface area contributed by atoms with Gasteiger partial charge in [-0.05, 0) is 25.8 Å². The topological polar surface area (TPSA) is 49.4 Å². The first kappa shape index (κ1) is 14.9. The second kappa shape index (κ2) is 7.34. The SMILES string of the molecule is CCN(CCCNC1CCCCC1)S(C)(=O)=O. The Labute approximate surface area is 106 Å². The van der Waals surface area contributed by atoms with Crippen LogP contribution in [0.25, 0.3) is 0 Å². The molecule has 17 heavy (non-hydrogen) atoms. The van der Waals surface area contributed by atoms with E-state index in [9.17, 15) is 8.42 Å². The maximum Gasteiger partial charge on any atom is 0.211 e. The molecular weight excluding hydrogens is 236 g/mol. The molecular formula is C12H26N2O2S. The van der Waals surface area contributed by atoms with Gasteiger partial charge in [0.15, 0.2) is 0 Å². The molecule has 0 aromatic carbocycles. The largest absolute Gasteiger partial charge is 0.314 e. The number of rotatable bonds is 7. The molecule has 0 heterocycles. The molecule has 0 amide bonds. The molecule has 5 heteroatoms. The number of nitrogens with zero attached hydrogens (tertiary/aromatic N) is 1. The Morgan fingerprint density at radius 1 is 1.24 bits per heavy atom. The van der Waals surface area contributed by atoms with Gasteiger partial charge in [0.25, 0.3) is 0 Å².